The van der Waals surface area contributed by atoms with Gasteiger partial charge in [0, 0.05) is 47.6 Å². The van der Waals surface area contributed by atoms with Crippen LogP contribution in [-0.2, 0) is 18.6 Å². The Morgan fingerprint density at radius 3 is 2.62 bits per heavy atom. The van der Waals surface area contributed by atoms with Crippen molar-refractivity contribution in [3.8, 4) is 11.5 Å². The van der Waals surface area contributed by atoms with Gasteiger partial charge >= 0.3 is 0 Å². The second-order valence-corrected chi connectivity index (χ2v) is 13.9. The molecule has 1 saturated carbocycles. The van der Waals surface area contributed by atoms with Crippen LogP contribution in [0, 0.1) is 0 Å². The van der Waals surface area contributed by atoms with E-state index in [1.165, 1.54) is 0 Å². The number of aliphatic hydroxyl groups is 3. The van der Waals surface area contributed by atoms with Crippen LogP contribution >= 0.6 is 21.6 Å². The molecule has 220 valence electrons. The van der Waals surface area contributed by atoms with Gasteiger partial charge in [0.1, 0.15) is 40.4 Å². The highest BCUT2D eigenvalue weighted by molar-refractivity contribution is 8.76. The van der Waals surface area contributed by atoms with Gasteiger partial charge in [0.25, 0.3) is 0 Å². The van der Waals surface area contributed by atoms with Crippen molar-refractivity contribution in [2.75, 3.05) is 12.4 Å². The fourth-order valence-electron chi connectivity index (χ4n) is 5.79. The van der Waals surface area contributed by atoms with Gasteiger partial charge in [-0.1, -0.05) is 21.6 Å². The summed E-state index contributed by atoms with van der Waals surface area (Å²) in [5, 5.41) is 32.2. The van der Waals surface area contributed by atoms with E-state index in [9.17, 15) is 20.1 Å². The van der Waals surface area contributed by atoms with Gasteiger partial charge in [-0.2, -0.15) is 0 Å². The van der Waals surface area contributed by atoms with Gasteiger partial charge in [-0.15, -0.1) is 0 Å². The lowest BCUT2D eigenvalue weighted by molar-refractivity contribution is -0.0231. The Balaban J connectivity index is 1.77. The number of hydrogen-bond donors (Lipinski definition) is 5. The van der Waals surface area contributed by atoms with Gasteiger partial charge in [0.15, 0.2) is 11.4 Å². The lowest BCUT2D eigenvalue weighted by atomic mass is 9.93. The predicted molar refractivity (Wildman–Crippen MR) is 158 cm³/mol. The first-order chi connectivity index (χ1) is 19.1. The zero-order valence-corrected chi connectivity index (χ0v) is 24.6. The summed E-state index contributed by atoms with van der Waals surface area (Å²) in [6.07, 6.45) is 3.32. The molecule has 0 unspecified atom stereocenters. The molecule has 1 aromatic carbocycles. The average molecular weight is 594 g/mol. The first kappa shape index (κ1) is 29.4. The molecule has 3 aliphatic rings. The Kier molecular flexibility index (Phi) is 8.82. The minimum atomic E-state index is -1.15. The van der Waals surface area contributed by atoms with Crippen molar-refractivity contribution in [1.82, 2.24) is 0 Å². The Bertz CT molecular complexity index is 1330. The second kappa shape index (κ2) is 12.0. The highest BCUT2D eigenvalue weighted by atomic mass is 33.1. The maximum absolute atomic E-state index is 14.4. The van der Waals surface area contributed by atoms with Gasteiger partial charge < -0.3 is 40.7 Å². The minimum Gasteiger partial charge on any atom is -0.489 e. The number of benzene rings is 1. The van der Waals surface area contributed by atoms with Crippen molar-refractivity contribution < 1.29 is 29.2 Å². The summed E-state index contributed by atoms with van der Waals surface area (Å²) in [7, 11) is 3.12. The third kappa shape index (κ3) is 5.92. The molecule has 10 nitrogen and oxygen atoms in total. The predicted octanol–water partition coefficient (Wildman–Crippen LogP) is 3.07. The molecule has 2 bridgehead atoms. The van der Waals surface area contributed by atoms with Crippen LogP contribution < -0.4 is 26.4 Å². The van der Waals surface area contributed by atoms with E-state index >= 15 is 0 Å². The van der Waals surface area contributed by atoms with Gasteiger partial charge in [-0.25, -0.2) is 4.99 Å². The summed E-state index contributed by atoms with van der Waals surface area (Å²) in [5.41, 5.74) is 12.1. The molecule has 12 heteroatoms. The number of aliphatic hydroxyl groups excluding tert-OH is 2. The Morgan fingerprint density at radius 1 is 1.20 bits per heavy atom. The van der Waals surface area contributed by atoms with Crippen LogP contribution in [0.1, 0.15) is 80.9 Å². The van der Waals surface area contributed by atoms with Gasteiger partial charge in [-0.3, -0.25) is 4.79 Å². The summed E-state index contributed by atoms with van der Waals surface area (Å²) in [6, 6.07) is -0.395. The number of guanidine groups is 1. The van der Waals surface area contributed by atoms with E-state index in [-0.39, 0.29) is 42.7 Å². The molecule has 2 aromatic rings. The van der Waals surface area contributed by atoms with Crippen LogP contribution in [-0.4, -0.2) is 57.5 Å². The topological polar surface area (TPSA) is 174 Å². The van der Waals surface area contributed by atoms with Gasteiger partial charge in [0.2, 0.25) is 0 Å². The highest BCUT2D eigenvalue weighted by Gasteiger charge is 2.41. The van der Waals surface area contributed by atoms with E-state index < -0.39 is 23.9 Å². The van der Waals surface area contributed by atoms with E-state index in [0.29, 0.717) is 57.9 Å². The zero-order valence-electron chi connectivity index (χ0n) is 23.0. The fraction of sp³-hybridized carbons (Fsp3) is 0.643. The Labute approximate surface area is 241 Å². The van der Waals surface area contributed by atoms with Crippen LogP contribution in [0.2, 0.25) is 0 Å². The number of rotatable bonds is 7. The monoisotopic (exact) mass is 593 g/mol. The van der Waals surface area contributed by atoms with E-state index in [0.717, 1.165) is 31.2 Å². The number of aliphatic imine (C=N–C) groups is 1. The molecule has 5 rings (SSSR count). The zero-order chi connectivity index (χ0) is 28.6. The van der Waals surface area contributed by atoms with Crippen LogP contribution in [0.15, 0.2) is 14.2 Å². The SMILES string of the molecule is CC(C)(O)[C@H]1Cc2c(c3c4oc(c(CCCO)c(=O)c4c2OC2CCCC2)[C@H](O)C[C@@H](N=C(N)N)CSSC3)O1. The molecular formula is C28H39N3O7S2. The van der Waals surface area contributed by atoms with E-state index in [1.54, 1.807) is 35.4 Å². The van der Waals surface area contributed by atoms with Crippen LogP contribution in [0.3, 0.4) is 0 Å². The third-order valence-electron chi connectivity index (χ3n) is 7.85. The highest BCUT2D eigenvalue weighted by Crippen LogP contribution is 2.50. The maximum Gasteiger partial charge on any atom is 0.200 e. The van der Waals surface area contributed by atoms with Crippen LogP contribution in [0.25, 0.3) is 11.0 Å². The summed E-state index contributed by atoms with van der Waals surface area (Å²) < 4.78 is 19.5. The van der Waals surface area contributed by atoms with E-state index in [4.69, 9.17) is 25.4 Å². The van der Waals surface area contributed by atoms with Crippen molar-refractivity contribution in [3.05, 3.63) is 32.7 Å². The maximum atomic E-state index is 14.4. The van der Waals surface area contributed by atoms with Crippen molar-refractivity contribution in [2.45, 2.75) is 101 Å². The molecule has 1 aromatic heterocycles. The second-order valence-electron chi connectivity index (χ2n) is 11.4. The molecular weight excluding hydrogens is 554 g/mol. The standard InChI is InChI=1S/C28H39N3O7S2/c1-28(2,35)20-11-17-23(37-20)18-13-40-39-12-14(31-27(29)30)10-19(33)24-16(8-5-9-32)22(34)21(26(18)38-24)25(17)36-15-6-3-4-7-15/h14-15,19-20,32-33,35H,3-13H2,1-2H3,(H4,29,30,31)/t14-,19-,20-/m1/s1. The molecule has 0 saturated heterocycles. The fourth-order valence-corrected chi connectivity index (χ4v) is 8.08. The van der Waals surface area contributed by atoms with Crippen molar-refractivity contribution in [1.29, 1.82) is 0 Å². The first-order valence-corrected chi connectivity index (χ1v) is 16.4. The van der Waals surface area contributed by atoms with Crippen molar-refractivity contribution in [2.24, 2.45) is 16.5 Å². The smallest absolute Gasteiger partial charge is 0.200 e. The summed E-state index contributed by atoms with van der Waals surface area (Å²) >= 11 is 0. The van der Waals surface area contributed by atoms with Gasteiger partial charge in [-0.05, 0) is 52.4 Å². The summed E-state index contributed by atoms with van der Waals surface area (Å²) in [5.74, 6) is 2.10. The third-order valence-corrected chi connectivity index (χ3v) is 10.2. The molecule has 1 fully saturated rings. The molecule has 3 atom stereocenters. The van der Waals surface area contributed by atoms with Crippen molar-refractivity contribution >= 4 is 38.5 Å². The normalized spacial score (nSPS) is 23.6. The molecule has 1 aliphatic carbocycles. The van der Waals surface area contributed by atoms with Crippen molar-refractivity contribution in [3.63, 3.8) is 0 Å². The quantitative estimate of drug-likeness (QED) is 0.181. The number of fused-ring (bicyclic) bond motifs is 3. The summed E-state index contributed by atoms with van der Waals surface area (Å²) in [6.45, 7) is 3.31. The van der Waals surface area contributed by atoms with Gasteiger partial charge in [0.05, 0.1) is 17.7 Å². The molecule has 7 N–H and O–H groups in total. The van der Waals surface area contributed by atoms with Crippen LogP contribution in [0.5, 0.6) is 11.5 Å². The minimum absolute atomic E-state index is 0.0303. The Morgan fingerprint density at radius 2 is 1.95 bits per heavy atom. The van der Waals surface area contributed by atoms with Crippen LogP contribution in [0.4, 0.5) is 0 Å². The average Bonchev–Trinajstić information content (AvgIpc) is 3.56. The molecule has 0 spiro atoms. The molecule has 3 heterocycles. The lowest BCUT2D eigenvalue weighted by Gasteiger charge is -2.25. The largest absolute Gasteiger partial charge is 0.489 e. The van der Waals surface area contributed by atoms with E-state index in [2.05, 4.69) is 4.99 Å². The first-order valence-electron chi connectivity index (χ1n) is 13.9. The number of nitrogens with zero attached hydrogens (tertiary/aromatic N) is 1. The Hall–Kier alpha value is -2.12. The number of hydrogen-bond acceptors (Lipinski definition) is 10. The lowest BCUT2D eigenvalue weighted by Crippen LogP contribution is -2.39. The number of ether oxygens (including phenoxy) is 2. The number of nitrogens with two attached hydrogens (primary N) is 2. The molecule has 0 radical (unpaired) electrons. The molecule has 40 heavy (non-hydrogen) atoms. The molecule has 2 aliphatic heterocycles. The summed E-state index contributed by atoms with van der Waals surface area (Å²) in [4.78, 5) is 18.7. The molecule has 0 amide bonds. The van der Waals surface area contributed by atoms with E-state index in [1.807, 2.05) is 0 Å².